The van der Waals surface area contributed by atoms with Gasteiger partial charge < -0.3 is 27.0 Å². The van der Waals surface area contributed by atoms with Crippen LogP contribution < -0.4 is 27.0 Å². The van der Waals surface area contributed by atoms with Crippen LogP contribution in [0.5, 0.6) is 5.75 Å². The molecule has 0 aliphatic heterocycles. The molecule has 7 heteroatoms. The lowest BCUT2D eigenvalue weighted by molar-refractivity contribution is -0.0000126. The highest BCUT2D eigenvalue weighted by atomic mass is 79.9. The lowest BCUT2D eigenvalue weighted by Crippen LogP contribution is -3.00. The van der Waals surface area contributed by atoms with Crippen LogP contribution in [0.3, 0.4) is 0 Å². The van der Waals surface area contributed by atoms with Crippen molar-refractivity contribution in [3.05, 3.63) is 52.5 Å². The molecule has 2 aromatic carbocycles. The molecule has 3 aromatic rings. The van der Waals surface area contributed by atoms with Crippen LogP contribution in [-0.2, 0) is 0 Å². The van der Waals surface area contributed by atoms with Crippen LogP contribution in [0, 0.1) is 0 Å². The quantitative estimate of drug-likeness (QED) is 0.557. The van der Waals surface area contributed by atoms with E-state index >= 15 is 0 Å². The Balaban J connectivity index is 0.00000208. The Bertz CT molecular complexity index is 851. The minimum absolute atomic E-state index is 0. The summed E-state index contributed by atoms with van der Waals surface area (Å²) >= 11 is 4.89. The molecule has 0 saturated carbocycles. The lowest BCUT2D eigenvalue weighted by atomic mass is 10.1. The summed E-state index contributed by atoms with van der Waals surface area (Å²) < 4.78 is 7.51. The van der Waals surface area contributed by atoms with E-state index in [9.17, 15) is 4.79 Å². The van der Waals surface area contributed by atoms with Crippen molar-refractivity contribution in [3.63, 3.8) is 0 Å². The van der Waals surface area contributed by atoms with Crippen molar-refractivity contribution in [1.82, 2.24) is 4.98 Å². The SMILES string of the molecule is CCOc1cccc2sc(NCC(=O)c3cccc(Br)c3)nc12.[Br-]. The fourth-order valence-electron chi connectivity index (χ4n) is 2.19. The Labute approximate surface area is 163 Å². The van der Waals surface area contributed by atoms with Gasteiger partial charge in [-0.05, 0) is 31.2 Å². The number of ketones is 1. The summed E-state index contributed by atoms with van der Waals surface area (Å²) in [5.41, 5.74) is 1.50. The molecule has 0 fully saturated rings. The van der Waals surface area contributed by atoms with Crippen molar-refractivity contribution >= 4 is 48.4 Å². The van der Waals surface area contributed by atoms with Crippen LogP contribution in [0.25, 0.3) is 10.2 Å². The van der Waals surface area contributed by atoms with Gasteiger partial charge in [-0.1, -0.05) is 45.5 Å². The van der Waals surface area contributed by atoms with Crippen molar-refractivity contribution in [2.24, 2.45) is 0 Å². The van der Waals surface area contributed by atoms with Crippen LogP contribution in [0.4, 0.5) is 5.13 Å². The number of Topliss-reactive ketones (excluding diaryl/α,β-unsaturated/α-hetero) is 1. The van der Waals surface area contributed by atoms with E-state index in [1.54, 1.807) is 6.07 Å². The Hall–Kier alpha value is -1.44. The first-order chi connectivity index (χ1) is 11.2. The third-order valence-corrected chi connectivity index (χ3v) is 4.70. The maximum Gasteiger partial charge on any atom is 0.184 e. The first-order valence-corrected chi connectivity index (χ1v) is 8.83. The monoisotopic (exact) mass is 469 g/mol. The normalized spacial score (nSPS) is 10.2. The molecule has 0 saturated heterocycles. The highest BCUT2D eigenvalue weighted by molar-refractivity contribution is 9.10. The number of aromatic nitrogens is 1. The Morgan fingerprint density at radius 2 is 2.08 bits per heavy atom. The van der Waals surface area contributed by atoms with Crippen LogP contribution in [0.2, 0.25) is 0 Å². The van der Waals surface area contributed by atoms with Gasteiger partial charge in [0.2, 0.25) is 0 Å². The smallest absolute Gasteiger partial charge is 0.184 e. The number of nitrogens with zero attached hydrogens (tertiary/aromatic N) is 1. The van der Waals surface area contributed by atoms with Crippen LogP contribution in [0.15, 0.2) is 46.9 Å². The van der Waals surface area contributed by atoms with E-state index in [0.717, 1.165) is 25.6 Å². The molecule has 4 nitrogen and oxygen atoms in total. The second-order valence-electron chi connectivity index (χ2n) is 4.84. The van der Waals surface area contributed by atoms with Gasteiger partial charge in [0.1, 0.15) is 11.3 Å². The summed E-state index contributed by atoms with van der Waals surface area (Å²) in [6.07, 6.45) is 0. The highest BCUT2D eigenvalue weighted by Gasteiger charge is 2.11. The molecule has 0 aliphatic carbocycles. The lowest BCUT2D eigenvalue weighted by Gasteiger charge is -2.03. The molecule has 1 heterocycles. The highest BCUT2D eigenvalue weighted by Crippen LogP contribution is 2.32. The van der Waals surface area contributed by atoms with Crippen LogP contribution >= 0.6 is 27.3 Å². The molecule has 0 radical (unpaired) electrons. The van der Waals surface area contributed by atoms with Gasteiger partial charge in [-0.25, -0.2) is 4.98 Å². The summed E-state index contributed by atoms with van der Waals surface area (Å²) in [4.78, 5) is 16.8. The maximum absolute atomic E-state index is 12.2. The van der Waals surface area contributed by atoms with Gasteiger partial charge in [-0.2, -0.15) is 0 Å². The van der Waals surface area contributed by atoms with Gasteiger partial charge >= 0.3 is 0 Å². The molecule has 3 rings (SSSR count). The zero-order valence-electron chi connectivity index (χ0n) is 12.9. The molecule has 1 aromatic heterocycles. The number of anilines is 1. The second-order valence-corrected chi connectivity index (χ2v) is 6.79. The number of carbonyl (C=O) groups is 1. The topological polar surface area (TPSA) is 51.2 Å². The van der Waals surface area contributed by atoms with E-state index in [1.165, 1.54) is 11.3 Å². The minimum atomic E-state index is 0. The predicted octanol–water partition coefficient (Wildman–Crippen LogP) is 1.76. The Morgan fingerprint density at radius 1 is 1.29 bits per heavy atom. The molecule has 0 unspecified atom stereocenters. The molecule has 126 valence electrons. The van der Waals surface area contributed by atoms with E-state index < -0.39 is 0 Å². The number of ether oxygens (including phenoxy) is 1. The molecule has 0 atom stereocenters. The fourth-order valence-corrected chi connectivity index (χ4v) is 3.47. The summed E-state index contributed by atoms with van der Waals surface area (Å²) in [5.74, 6) is 0.795. The molecule has 0 aliphatic rings. The zero-order valence-corrected chi connectivity index (χ0v) is 16.9. The van der Waals surface area contributed by atoms with E-state index in [-0.39, 0.29) is 29.3 Å². The summed E-state index contributed by atoms with van der Waals surface area (Å²) in [6, 6.07) is 13.2. The molecular weight excluding hydrogens is 456 g/mol. The number of benzene rings is 2. The summed E-state index contributed by atoms with van der Waals surface area (Å²) in [6.45, 7) is 2.75. The molecule has 0 bridgehead atoms. The summed E-state index contributed by atoms with van der Waals surface area (Å²) in [5, 5.41) is 3.83. The number of halogens is 2. The van der Waals surface area contributed by atoms with Crippen molar-refractivity contribution in [3.8, 4) is 5.75 Å². The average molecular weight is 471 g/mol. The van der Waals surface area contributed by atoms with Crippen LogP contribution in [0.1, 0.15) is 17.3 Å². The van der Waals surface area contributed by atoms with Crippen molar-refractivity contribution in [1.29, 1.82) is 0 Å². The fraction of sp³-hybridized carbons (Fsp3) is 0.176. The first kappa shape index (κ1) is 18.9. The molecule has 1 N–H and O–H groups in total. The van der Waals surface area contributed by atoms with Crippen LogP contribution in [-0.4, -0.2) is 23.9 Å². The Kier molecular flexibility index (Phi) is 6.77. The molecule has 0 spiro atoms. The first-order valence-electron chi connectivity index (χ1n) is 7.22. The van der Waals surface area contributed by atoms with Crippen molar-refractivity contribution in [2.45, 2.75) is 6.92 Å². The molecular formula is C17H15Br2N2O2S-. The van der Waals surface area contributed by atoms with Gasteiger partial charge in [-0.3, -0.25) is 4.79 Å². The average Bonchev–Trinajstić information content (AvgIpc) is 2.97. The number of para-hydroxylation sites is 1. The standard InChI is InChI=1S/C17H15BrN2O2S.BrH/c1-2-22-14-7-4-8-15-16(14)20-17(23-15)19-10-13(21)11-5-3-6-12(18)9-11;/h3-9H,2,10H2,1H3,(H,19,20);1H/p-1. The predicted molar refractivity (Wildman–Crippen MR) is 97.8 cm³/mol. The molecule has 24 heavy (non-hydrogen) atoms. The number of nitrogens with one attached hydrogen (secondary N) is 1. The number of hydrogen-bond donors (Lipinski definition) is 1. The number of carbonyl (C=O) groups excluding carboxylic acids is 1. The second kappa shape index (κ2) is 8.60. The van der Waals surface area contributed by atoms with Crippen molar-refractivity contribution in [2.75, 3.05) is 18.5 Å². The zero-order chi connectivity index (χ0) is 16.2. The van der Waals surface area contributed by atoms with E-state index in [1.807, 2.05) is 43.3 Å². The number of fused-ring (bicyclic) bond motifs is 1. The summed E-state index contributed by atoms with van der Waals surface area (Å²) in [7, 11) is 0. The third kappa shape index (κ3) is 4.34. The molecule has 0 amide bonds. The van der Waals surface area contributed by atoms with Gasteiger partial charge in [0.15, 0.2) is 10.9 Å². The minimum Gasteiger partial charge on any atom is -1.00 e. The van der Waals surface area contributed by atoms with E-state index in [2.05, 4.69) is 26.2 Å². The van der Waals surface area contributed by atoms with E-state index in [4.69, 9.17) is 4.74 Å². The number of rotatable bonds is 6. The number of thiazole rings is 1. The third-order valence-electron chi connectivity index (χ3n) is 3.23. The number of hydrogen-bond acceptors (Lipinski definition) is 5. The van der Waals surface area contributed by atoms with E-state index in [0.29, 0.717) is 12.2 Å². The largest absolute Gasteiger partial charge is 1.00 e. The van der Waals surface area contributed by atoms with Gasteiger partial charge in [0.25, 0.3) is 0 Å². The maximum atomic E-state index is 12.2. The van der Waals surface area contributed by atoms with Gasteiger partial charge in [0, 0.05) is 10.0 Å². The van der Waals surface area contributed by atoms with Gasteiger partial charge in [-0.15, -0.1) is 0 Å². The Morgan fingerprint density at radius 3 is 2.83 bits per heavy atom. The van der Waals surface area contributed by atoms with Crippen molar-refractivity contribution < 1.29 is 26.5 Å². The van der Waals surface area contributed by atoms with Gasteiger partial charge in [0.05, 0.1) is 17.9 Å².